The molecule has 122 valence electrons. The van der Waals surface area contributed by atoms with Crippen molar-refractivity contribution in [1.82, 2.24) is 19.7 Å². The Morgan fingerprint density at radius 1 is 1.22 bits per heavy atom. The first-order chi connectivity index (χ1) is 11.2. The maximum atomic E-state index is 12.1. The molecular formula is C16H20N4O2S. The number of thioether (sulfide) groups is 1. The van der Waals surface area contributed by atoms with Gasteiger partial charge in [0.2, 0.25) is 5.91 Å². The Morgan fingerprint density at radius 3 is 2.57 bits per heavy atom. The van der Waals surface area contributed by atoms with Crippen molar-refractivity contribution in [3.63, 3.8) is 0 Å². The molecule has 2 heterocycles. The van der Waals surface area contributed by atoms with Crippen LogP contribution in [0, 0.1) is 0 Å². The van der Waals surface area contributed by atoms with Gasteiger partial charge in [0.05, 0.1) is 12.9 Å². The SMILES string of the molecule is COc1ccc(-c2nnc(SCC(=O)N3CCCC3)n2C)cc1. The average Bonchev–Trinajstić information content (AvgIpc) is 3.23. The number of carbonyl (C=O) groups excluding carboxylic acids is 1. The number of ether oxygens (including phenoxy) is 1. The van der Waals surface area contributed by atoms with E-state index in [9.17, 15) is 4.79 Å². The molecule has 23 heavy (non-hydrogen) atoms. The summed E-state index contributed by atoms with van der Waals surface area (Å²) in [6.45, 7) is 1.77. The number of hydrogen-bond acceptors (Lipinski definition) is 5. The number of nitrogens with zero attached hydrogens (tertiary/aromatic N) is 4. The molecule has 0 saturated carbocycles. The van der Waals surface area contributed by atoms with Crippen molar-refractivity contribution in [2.45, 2.75) is 18.0 Å². The van der Waals surface area contributed by atoms with Crippen molar-refractivity contribution in [2.24, 2.45) is 7.05 Å². The van der Waals surface area contributed by atoms with E-state index in [1.54, 1.807) is 7.11 Å². The van der Waals surface area contributed by atoms with Gasteiger partial charge in [0, 0.05) is 25.7 Å². The van der Waals surface area contributed by atoms with E-state index < -0.39 is 0 Å². The normalized spacial score (nSPS) is 14.3. The highest BCUT2D eigenvalue weighted by Crippen LogP contribution is 2.24. The van der Waals surface area contributed by atoms with Crippen LogP contribution < -0.4 is 4.74 Å². The number of aromatic nitrogens is 3. The summed E-state index contributed by atoms with van der Waals surface area (Å²) in [6.07, 6.45) is 2.23. The lowest BCUT2D eigenvalue weighted by Crippen LogP contribution is -2.29. The minimum atomic E-state index is 0.182. The molecule has 7 heteroatoms. The molecule has 1 aliphatic heterocycles. The zero-order chi connectivity index (χ0) is 16.2. The number of carbonyl (C=O) groups is 1. The molecule has 2 aromatic rings. The minimum absolute atomic E-state index is 0.182. The first-order valence-electron chi connectivity index (χ1n) is 7.63. The number of rotatable bonds is 5. The largest absolute Gasteiger partial charge is 0.497 e. The minimum Gasteiger partial charge on any atom is -0.497 e. The Balaban J connectivity index is 1.67. The molecular weight excluding hydrogens is 312 g/mol. The van der Waals surface area contributed by atoms with Gasteiger partial charge >= 0.3 is 0 Å². The van der Waals surface area contributed by atoms with Gasteiger partial charge in [0.15, 0.2) is 11.0 Å². The third-order valence-corrected chi connectivity index (χ3v) is 4.97. The summed E-state index contributed by atoms with van der Waals surface area (Å²) < 4.78 is 7.09. The highest BCUT2D eigenvalue weighted by Gasteiger charge is 2.19. The molecule has 6 nitrogen and oxygen atoms in total. The molecule has 1 aromatic carbocycles. The van der Waals surface area contributed by atoms with Crippen LogP contribution in [0.25, 0.3) is 11.4 Å². The van der Waals surface area contributed by atoms with Crippen LogP contribution in [0.4, 0.5) is 0 Å². The van der Waals surface area contributed by atoms with E-state index in [-0.39, 0.29) is 5.91 Å². The van der Waals surface area contributed by atoms with Crippen molar-refractivity contribution in [2.75, 3.05) is 26.0 Å². The average molecular weight is 332 g/mol. The number of benzene rings is 1. The van der Waals surface area contributed by atoms with E-state index in [4.69, 9.17) is 4.74 Å². The second-order valence-corrected chi connectivity index (χ2v) is 6.41. The van der Waals surface area contributed by atoms with Gasteiger partial charge in [-0.25, -0.2) is 0 Å². The summed E-state index contributed by atoms with van der Waals surface area (Å²) in [5.74, 6) is 2.18. The van der Waals surface area contributed by atoms with E-state index in [1.165, 1.54) is 11.8 Å². The smallest absolute Gasteiger partial charge is 0.233 e. The summed E-state index contributed by atoms with van der Waals surface area (Å²) in [5.41, 5.74) is 0.971. The molecule has 3 rings (SSSR count). The van der Waals surface area contributed by atoms with Gasteiger partial charge < -0.3 is 14.2 Å². The first kappa shape index (κ1) is 15.9. The van der Waals surface area contributed by atoms with Crippen molar-refractivity contribution >= 4 is 17.7 Å². The molecule has 0 radical (unpaired) electrons. The quantitative estimate of drug-likeness (QED) is 0.786. The fourth-order valence-electron chi connectivity index (χ4n) is 2.62. The van der Waals surface area contributed by atoms with E-state index >= 15 is 0 Å². The summed E-state index contributed by atoms with van der Waals surface area (Å²) in [4.78, 5) is 14.0. The van der Waals surface area contributed by atoms with Crippen LogP contribution in [0.3, 0.4) is 0 Å². The van der Waals surface area contributed by atoms with Crippen LogP contribution in [0.2, 0.25) is 0 Å². The van der Waals surface area contributed by atoms with Crippen LogP contribution in [-0.4, -0.2) is 51.5 Å². The van der Waals surface area contributed by atoms with Crippen molar-refractivity contribution in [3.05, 3.63) is 24.3 Å². The second-order valence-electron chi connectivity index (χ2n) is 5.47. The predicted molar refractivity (Wildman–Crippen MR) is 89.5 cm³/mol. The highest BCUT2D eigenvalue weighted by atomic mass is 32.2. The third kappa shape index (κ3) is 3.50. The molecule has 0 spiro atoms. The van der Waals surface area contributed by atoms with Gasteiger partial charge in [0.1, 0.15) is 5.75 Å². The fraction of sp³-hybridized carbons (Fsp3) is 0.438. The van der Waals surface area contributed by atoms with Gasteiger partial charge in [-0.05, 0) is 37.1 Å². The number of likely N-dealkylation sites (tertiary alicyclic amines) is 1. The summed E-state index contributed by atoms with van der Waals surface area (Å²) in [6, 6.07) is 7.70. The van der Waals surface area contributed by atoms with E-state index in [2.05, 4.69) is 10.2 Å². The van der Waals surface area contributed by atoms with Gasteiger partial charge in [-0.15, -0.1) is 10.2 Å². The summed E-state index contributed by atoms with van der Waals surface area (Å²) in [5, 5.41) is 9.20. The molecule has 0 aliphatic carbocycles. The van der Waals surface area contributed by atoms with E-state index in [0.717, 1.165) is 48.2 Å². The lowest BCUT2D eigenvalue weighted by molar-refractivity contribution is -0.127. The van der Waals surface area contributed by atoms with Crippen LogP contribution in [0.1, 0.15) is 12.8 Å². The topological polar surface area (TPSA) is 60.3 Å². The summed E-state index contributed by atoms with van der Waals surface area (Å²) >= 11 is 1.44. The monoisotopic (exact) mass is 332 g/mol. The van der Waals surface area contributed by atoms with Crippen molar-refractivity contribution < 1.29 is 9.53 Å². The van der Waals surface area contributed by atoms with Crippen LogP contribution >= 0.6 is 11.8 Å². The molecule has 1 amide bonds. The zero-order valence-electron chi connectivity index (χ0n) is 13.4. The van der Waals surface area contributed by atoms with E-state index in [0.29, 0.717) is 5.75 Å². The third-order valence-electron chi connectivity index (χ3n) is 3.97. The van der Waals surface area contributed by atoms with E-state index in [1.807, 2.05) is 40.8 Å². The van der Waals surface area contributed by atoms with Crippen LogP contribution in [0.5, 0.6) is 5.75 Å². The van der Waals surface area contributed by atoms with Gasteiger partial charge in [-0.3, -0.25) is 4.79 Å². The standard InChI is InChI=1S/C16H20N4O2S/c1-19-15(12-5-7-13(22-2)8-6-12)17-18-16(19)23-11-14(21)20-9-3-4-10-20/h5-8H,3-4,9-11H2,1-2H3. The zero-order valence-corrected chi connectivity index (χ0v) is 14.2. The van der Waals surface area contributed by atoms with Crippen LogP contribution in [0.15, 0.2) is 29.4 Å². The van der Waals surface area contributed by atoms with Crippen molar-refractivity contribution in [3.8, 4) is 17.1 Å². The molecule has 1 aliphatic rings. The second kappa shape index (κ2) is 7.04. The molecule has 0 unspecified atom stereocenters. The Labute approximate surface area is 139 Å². The first-order valence-corrected chi connectivity index (χ1v) is 8.62. The van der Waals surface area contributed by atoms with Gasteiger partial charge in [0.25, 0.3) is 0 Å². The summed E-state index contributed by atoms with van der Waals surface area (Å²) in [7, 11) is 3.56. The fourth-order valence-corrected chi connectivity index (χ4v) is 3.43. The van der Waals surface area contributed by atoms with Crippen LogP contribution in [-0.2, 0) is 11.8 Å². The molecule has 1 fully saturated rings. The van der Waals surface area contributed by atoms with Crippen molar-refractivity contribution in [1.29, 1.82) is 0 Å². The number of amides is 1. The molecule has 1 saturated heterocycles. The number of methoxy groups -OCH3 is 1. The molecule has 0 atom stereocenters. The Kier molecular flexibility index (Phi) is 4.85. The molecule has 0 N–H and O–H groups in total. The maximum Gasteiger partial charge on any atom is 0.233 e. The lowest BCUT2D eigenvalue weighted by Gasteiger charge is -2.14. The Morgan fingerprint density at radius 2 is 1.91 bits per heavy atom. The predicted octanol–water partition coefficient (Wildman–Crippen LogP) is 2.21. The Hall–Kier alpha value is -2.02. The van der Waals surface area contributed by atoms with Gasteiger partial charge in [-0.2, -0.15) is 0 Å². The maximum absolute atomic E-state index is 12.1. The lowest BCUT2D eigenvalue weighted by atomic mass is 10.2. The molecule has 0 bridgehead atoms. The Bertz CT molecular complexity index is 678. The van der Waals surface area contributed by atoms with Gasteiger partial charge in [-0.1, -0.05) is 11.8 Å². The molecule has 1 aromatic heterocycles. The highest BCUT2D eigenvalue weighted by molar-refractivity contribution is 7.99. The number of hydrogen-bond donors (Lipinski definition) is 0.